The lowest BCUT2D eigenvalue weighted by atomic mass is 9.75. The van der Waals surface area contributed by atoms with Crippen LogP contribution in [0.1, 0.15) is 65.2 Å². The fourth-order valence-electron chi connectivity index (χ4n) is 4.28. The molecule has 1 N–H and O–H groups in total. The van der Waals surface area contributed by atoms with Crippen molar-refractivity contribution in [3.05, 3.63) is 0 Å². The maximum absolute atomic E-state index is 5.88. The van der Waals surface area contributed by atoms with E-state index in [9.17, 15) is 0 Å². The first kappa shape index (κ1) is 17.2. The first-order valence-corrected chi connectivity index (χ1v) is 9.08. The Morgan fingerprint density at radius 3 is 2.76 bits per heavy atom. The van der Waals surface area contributed by atoms with E-state index in [2.05, 4.69) is 38.2 Å². The standard InChI is InChI=1S/C18H36N2O/c1-5-7-17-12-16(9-11-21-17)19-14-18(20(3)4)10-6-8-15(2)13-18/h15-17,19H,5-14H2,1-4H3. The van der Waals surface area contributed by atoms with Crippen molar-refractivity contribution >= 4 is 0 Å². The molecule has 1 heterocycles. The van der Waals surface area contributed by atoms with Crippen LogP contribution in [0.2, 0.25) is 0 Å². The molecule has 0 amide bonds. The van der Waals surface area contributed by atoms with E-state index < -0.39 is 0 Å². The second-order valence-corrected chi connectivity index (χ2v) is 7.70. The number of hydrogen-bond donors (Lipinski definition) is 1. The molecule has 0 aromatic rings. The Kier molecular flexibility index (Phi) is 6.51. The van der Waals surface area contributed by atoms with Gasteiger partial charge in [-0.15, -0.1) is 0 Å². The second-order valence-electron chi connectivity index (χ2n) is 7.70. The van der Waals surface area contributed by atoms with E-state index in [4.69, 9.17) is 4.74 Å². The summed E-state index contributed by atoms with van der Waals surface area (Å²) >= 11 is 0. The molecule has 0 aromatic carbocycles. The van der Waals surface area contributed by atoms with Crippen molar-refractivity contribution in [2.45, 2.75) is 82.9 Å². The summed E-state index contributed by atoms with van der Waals surface area (Å²) in [4.78, 5) is 2.48. The zero-order valence-corrected chi connectivity index (χ0v) is 14.7. The molecule has 0 radical (unpaired) electrons. The van der Waals surface area contributed by atoms with E-state index in [1.807, 2.05) is 0 Å². The number of hydrogen-bond acceptors (Lipinski definition) is 3. The minimum atomic E-state index is 0.371. The van der Waals surface area contributed by atoms with Gasteiger partial charge in [-0.1, -0.05) is 33.1 Å². The minimum Gasteiger partial charge on any atom is -0.378 e. The minimum absolute atomic E-state index is 0.371. The van der Waals surface area contributed by atoms with Crippen LogP contribution in [-0.2, 0) is 4.74 Å². The number of likely N-dealkylation sites (N-methyl/N-ethyl adjacent to an activating group) is 1. The predicted octanol–water partition coefficient (Wildman–Crippen LogP) is 3.43. The van der Waals surface area contributed by atoms with Crippen molar-refractivity contribution in [3.8, 4) is 0 Å². The van der Waals surface area contributed by atoms with Crippen molar-refractivity contribution in [1.29, 1.82) is 0 Å². The quantitative estimate of drug-likeness (QED) is 0.812. The largest absolute Gasteiger partial charge is 0.378 e. The monoisotopic (exact) mass is 296 g/mol. The van der Waals surface area contributed by atoms with Gasteiger partial charge in [0.15, 0.2) is 0 Å². The van der Waals surface area contributed by atoms with Crippen molar-refractivity contribution in [1.82, 2.24) is 10.2 Å². The molecule has 4 atom stereocenters. The van der Waals surface area contributed by atoms with Crippen molar-refractivity contribution < 1.29 is 4.74 Å². The predicted molar refractivity (Wildman–Crippen MR) is 89.7 cm³/mol. The van der Waals surface area contributed by atoms with E-state index in [-0.39, 0.29) is 0 Å². The first-order valence-electron chi connectivity index (χ1n) is 9.08. The normalized spacial score (nSPS) is 37.9. The fourth-order valence-corrected chi connectivity index (χ4v) is 4.28. The molecule has 1 saturated heterocycles. The Morgan fingerprint density at radius 1 is 1.29 bits per heavy atom. The van der Waals surface area contributed by atoms with Crippen LogP contribution in [0.3, 0.4) is 0 Å². The summed E-state index contributed by atoms with van der Waals surface area (Å²) in [7, 11) is 4.53. The molecule has 4 unspecified atom stereocenters. The summed E-state index contributed by atoms with van der Waals surface area (Å²) in [6.07, 6.45) is 10.8. The van der Waals surface area contributed by atoms with Crippen LogP contribution in [0.25, 0.3) is 0 Å². The van der Waals surface area contributed by atoms with E-state index in [1.54, 1.807) is 0 Å². The zero-order valence-electron chi connectivity index (χ0n) is 14.7. The van der Waals surface area contributed by atoms with Gasteiger partial charge in [-0.05, 0) is 52.1 Å². The van der Waals surface area contributed by atoms with Gasteiger partial charge in [0.1, 0.15) is 0 Å². The molecule has 21 heavy (non-hydrogen) atoms. The Hall–Kier alpha value is -0.120. The Labute approximate surface area is 131 Å². The summed E-state index contributed by atoms with van der Waals surface area (Å²) in [5.41, 5.74) is 0.371. The van der Waals surface area contributed by atoms with Gasteiger partial charge in [-0.2, -0.15) is 0 Å². The number of rotatable bonds is 6. The van der Waals surface area contributed by atoms with E-state index >= 15 is 0 Å². The van der Waals surface area contributed by atoms with Crippen LogP contribution in [-0.4, -0.2) is 49.8 Å². The number of nitrogens with one attached hydrogen (secondary N) is 1. The molecule has 2 aliphatic rings. The van der Waals surface area contributed by atoms with Crippen LogP contribution in [0, 0.1) is 5.92 Å². The van der Waals surface area contributed by atoms with Gasteiger partial charge in [0, 0.05) is 24.7 Å². The van der Waals surface area contributed by atoms with Crippen LogP contribution < -0.4 is 5.32 Å². The third kappa shape index (κ3) is 4.67. The average Bonchev–Trinajstić information content (AvgIpc) is 2.46. The van der Waals surface area contributed by atoms with Crippen LogP contribution in [0.4, 0.5) is 0 Å². The maximum atomic E-state index is 5.88. The highest BCUT2D eigenvalue weighted by atomic mass is 16.5. The van der Waals surface area contributed by atoms with Gasteiger partial charge in [-0.25, -0.2) is 0 Å². The summed E-state index contributed by atoms with van der Waals surface area (Å²) in [6.45, 7) is 6.76. The molecule has 2 fully saturated rings. The Balaban J connectivity index is 1.86. The molecule has 0 bridgehead atoms. The van der Waals surface area contributed by atoms with Gasteiger partial charge in [0.25, 0.3) is 0 Å². The number of nitrogens with zero attached hydrogens (tertiary/aromatic N) is 1. The van der Waals surface area contributed by atoms with E-state index in [0.717, 1.165) is 19.1 Å². The highest BCUT2D eigenvalue weighted by Crippen LogP contribution is 2.35. The molecule has 124 valence electrons. The van der Waals surface area contributed by atoms with Gasteiger partial charge in [0.2, 0.25) is 0 Å². The lowest BCUT2D eigenvalue weighted by Crippen LogP contribution is -2.56. The molecule has 0 aromatic heterocycles. The van der Waals surface area contributed by atoms with Gasteiger partial charge in [0.05, 0.1) is 6.10 Å². The molecule has 1 aliphatic heterocycles. The molecule has 3 nitrogen and oxygen atoms in total. The molecule has 2 rings (SSSR count). The fraction of sp³-hybridized carbons (Fsp3) is 1.00. The maximum Gasteiger partial charge on any atom is 0.0589 e. The highest BCUT2D eigenvalue weighted by molar-refractivity contribution is 4.95. The lowest BCUT2D eigenvalue weighted by Gasteiger charge is -2.46. The summed E-state index contributed by atoms with van der Waals surface area (Å²) in [5, 5.41) is 3.90. The highest BCUT2D eigenvalue weighted by Gasteiger charge is 2.37. The van der Waals surface area contributed by atoms with Gasteiger partial charge in [-0.3, -0.25) is 0 Å². The van der Waals surface area contributed by atoms with Gasteiger partial charge < -0.3 is 15.0 Å². The van der Waals surface area contributed by atoms with Gasteiger partial charge >= 0.3 is 0 Å². The number of ether oxygens (including phenoxy) is 1. The first-order chi connectivity index (χ1) is 10.1. The Bertz CT molecular complexity index is 306. The lowest BCUT2D eigenvalue weighted by molar-refractivity contribution is -0.00819. The van der Waals surface area contributed by atoms with Crippen molar-refractivity contribution in [2.75, 3.05) is 27.2 Å². The van der Waals surface area contributed by atoms with E-state index in [0.29, 0.717) is 17.7 Å². The molecule has 3 heteroatoms. The van der Waals surface area contributed by atoms with Crippen molar-refractivity contribution in [2.24, 2.45) is 5.92 Å². The molecule has 1 saturated carbocycles. The molecular formula is C18H36N2O. The zero-order chi connectivity index (χ0) is 15.3. The van der Waals surface area contributed by atoms with Crippen LogP contribution in [0.5, 0.6) is 0 Å². The molecular weight excluding hydrogens is 260 g/mol. The molecule has 1 aliphatic carbocycles. The third-order valence-corrected chi connectivity index (χ3v) is 5.71. The topological polar surface area (TPSA) is 24.5 Å². The SMILES string of the molecule is CCCC1CC(NCC2(N(C)C)CCCC(C)C2)CCO1. The Morgan fingerprint density at radius 2 is 2.10 bits per heavy atom. The molecule has 0 spiro atoms. The third-order valence-electron chi connectivity index (χ3n) is 5.71. The second kappa shape index (κ2) is 7.94. The van der Waals surface area contributed by atoms with Crippen LogP contribution in [0.15, 0.2) is 0 Å². The van der Waals surface area contributed by atoms with Crippen molar-refractivity contribution in [3.63, 3.8) is 0 Å². The summed E-state index contributed by atoms with van der Waals surface area (Å²) < 4.78 is 5.88. The smallest absolute Gasteiger partial charge is 0.0589 e. The summed E-state index contributed by atoms with van der Waals surface area (Å²) in [6, 6.07) is 0.657. The van der Waals surface area contributed by atoms with E-state index in [1.165, 1.54) is 51.4 Å². The van der Waals surface area contributed by atoms with Crippen LogP contribution >= 0.6 is 0 Å². The average molecular weight is 296 g/mol. The summed E-state index contributed by atoms with van der Waals surface area (Å²) in [5.74, 6) is 0.866.